The summed E-state index contributed by atoms with van der Waals surface area (Å²) in [6.07, 6.45) is 3.46. The number of hydrogen-bond acceptors (Lipinski definition) is 4. The molecule has 0 aliphatic carbocycles. The second kappa shape index (κ2) is 9.88. The maximum atomic E-state index is 13.1. The van der Waals surface area contributed by atoms with Crippen molar-refractivity contribution in [1.82, 2.24) is 4.90 Å². The number of carbonyl (C=O) groups excluding carboxylic acids is 1. The van der Waals surface area contributed by atoms with Gasteiger partial charge < -0.3 is 19.0 Å². The van der Waals surface area contributed by atoms with Crippen molar-refractivity contribution in [2.45, 2.75) is 6.92 Å². The van der Waals surface area contributed by atoms with Crippen LogP contribution < -0.4 is 9.64 Å². The van der Waals surface area contributed by atoms with Crippen molar-refractivity contribution in [3.63, 3.8) is 0 Å². The fraction of sp³-hybridized carbons (Fsp3) is 0.207. The number of benzene rings is 3. The molecular weight excluding hydrogens is 460 g/mol. The van der Waals surface area contributed by atoms with Crippen LogP contribution in [0.15, 0.2) is 83.5 Å². The first-order valence-electron chi connectivity index (χ1n) is 11.7. The second-order valence-electron chi connectivity index (χ2n) is 8.68. The minimum absolute atomic E-state index is 0.0162. The Morgan fingerprint density at radius 1 is 1.00 bits per heavy atom. The fourth-order valence-corrected chi connectivity index (χ4v) is 4.69. The van der Waals surface area contributed by atoms with E-state index in [1.54, 1.807) is 19.4 Å². The highest BCUT2D eigenvalue weighted by Crippen LogP contribution is 2.37. The van der Waals surface area contributed by atoms with Crippen molar-refractivity contribution in [2.24, 2.45) is 0 Å². The molecule has 1 fully saturated rings. The van der Waals surface area contributed by atoms with Gasteiger partial charge >= 0.3 is 0 Å². The maximum absolute atomic E-state index is 13.1. The van der Waals surface area contributed by atoms with E-state index in [-0.39, 0.29) is 5.91 Å². The highest BCUT2D eigenvalue weighted by molar-refractivity contribution is 6.30. The third-order valence-electron chi connectivity index (χ3n) is 6.53. The Kier molecular flexibility index (Phi) is 6.51. The minimum atomic E-state index is 0.0162. The molecule has 0 unspecified atom stereocenters. The number of fused-ring (bicyclic) bond motifs is 1. The molecule has 1 saturated heterocycles. The molecule has 3 aromatic carbocycles. The Balaban J connectivity index is 1.39. The molecule has 4 aromatic rings. The van der Waals surface area contributed by atoms with Gasteiger partial charge in [-0.25, -0.2) is 0 Å². The molecule has 35 heavy (non-hydrogen) atoms. The van der Waals surface area contributed by atoms with Crippen molar-refractivity contribution in [3.05, 3.63) is 89.7 Å². The molecule has 5 nitrogen and oxygen atoms in total. The van der Waals surface area contributed by atoms with Gasteiger partial charge in [-0.15, -0.1) is 0 Å². The molecule has 0 radical (unpaired) electrons. The highest BCUT2D eigenvalue weighted by atomic mass is 35.5. The van der Waals surface area contributed by atoms with Gasteiger partial charge in [0.1, 0.15) is 11.3 Å². The summed E-state index contributed by atoms with van der Waals surface area (Å²) in [5, 5.41) is 1.64. The summed E-state index contributed by atoms with van der Waals surface area (Å²) in [6, 6.07) is 21.9. The zero-order valence-electron chi connectivity index (χ0n) is 19.8. The van der Waals surface area contributed by atoms with Gasteiger partial charge in [-0.3, -0.25) is 4.79 Å². The molecule has 1 aliphatic heterocycles. The van der Waals surface area contributed by atoms with E-state index >= 15 is 0 Å². The first-order valence-corrected chi connectivity index (χ1v) is 12.0. The van der Waals surface area contributed by atoms with Gasteiger partial charge in [0, 0.05) is 65.5 Å². The lowest BCUT2D eigenvalue weighted by Gasteiger charge is -2.35. The fourth-order valence-electron chi connectivity index (χ4n) is 4.56. The van der Waals surface area contributed by atoms with Crippen molar-refractivity contribution in [2.75, 3.05) is 38.2 Å². The maximum Gasteiger partial charge on any atom is 0.246 e. The molecular formula is C29H27ClN2O3. The number of nitrogens with zero attached hydrogens (tertiary/aromatic N) is 2. The zero-order valence-corrected chi connectivity index (χ0v) is 20.6. The van der Waals surface area contributed by atoms with Crippen LogP contribution in [0.25, 0.3) is 27.7 Å². The number of methoxy groups -OCH3 is 1. The number of amides is 1. The van der Waals surface area contributed by atoms with Crippen LogP contribution in [-0.2, 0) is 4.79 Å². The van der Waals surface area contributed by atoms with Gasteiger partial charge in [0.15, 0.2) is 0 Å². The lowest BCUT2D eigenvalue weighted by molar-refractivity contribution is -0.126. The Hall–Kier alpha value is -3.70. The SMILES string of the molecule is COc1cc2occ(-c3ccc(Cl)cc3)c2cc1/C(C)=C/C(=O)N1CCN(c2ccccc2)CC1. The van der Waals surface area contributed by atoms with Crippen LogP contribution in [0, 0.1) is 0 Å². The van der Waals surface area contributed by atoms with Crippen LogP contribution in [-0.4, -0.2) is 44.1 Å². The molecule has 1 aliphatic rings. The van der Waals surface area contributed by atoms with Gasteiger partial charge in [-0.05, 0) is 48.4 Å². The lowest BCUT2D eigenvalue weighted by Crippen LogP contribution is -2.48. The number of furan rings is 1. The highest BCUT2D eigenvalue weighted by Gasteiger charge is 2.21. The van der Waals surface area contributed by atoms with E-state index in [1.165, 1.54) is 5.69 Å². The number of piperazine rings is 1. The van der Waals surface area contributed by atoms with Crippen molar-refractivity contribution >= 4 is 39.7 Å². The predicted molar refractivity (Wildman–Crippen MR) is 142 cm³/mol. The molecule has 0 spiro atoms. The summed E-state index contributed by atoms with van der Waals surface area (Å²) in [6.45, 7) is 4.96. The third kappa shape index (κ3) is 4.77. The topological polar surface area (TPSA) is 45.9 Å². The van der Waals surface area contributed by atoms with E-state index in [2.05, 4.69) is 17.0 Å². The van der Waals surface area contributed by atoms with Crippen molar-refractivity contribution in [3.8, 4) is 16.9 Å². The summed E-state index contributed by atoms with van der Waals surface area (Å²) in [4.78, 5) is 17.3. The number of halogens is 1. The van der Waals surface area contributed by atoms with Gasteiger partial charge in [0.05, 0.1) is 13.4 Å². The smallest absolute Gasteiger partial charge is 0.246 e. The Labute approximate surface area is 210 Å². The largest absolute Gasteiger partial charge is 0.496 e. The quantitative estimate of drug-likeness (QED) is 0.301. The van der Waals surface area contributed by atoms with Crippen molar-refractivity contribution in [1.29, 1.82) is 0 Å². The molecule has 1 aromatic heterocycles. The van der Waals surface area contributed by atoms with E-state index in [0.717, 1.165) is 46.3 Å². The lowest BCUT2D eigenvalue weighted by atomic mass is 9.99. The molecule has 0 atom stereocenters. The van der Waals surface area contributed by atoms with Crippen LogP contribution in [0.2, 0.25) is 5.02 Å². The van der Waals surface area contributed by atoms with Gasteiger partial charge in [0.25, 0.3) is 0 Å². The van der Waals surface area contributed by atoms with E-state index in [4.69, 9.17) is 20.8 Å². The van der Waals surface area contributed by atoms with Crippen LogP contribution in [0.4, 0.5) is 5.69 Å². The molecule has 0 N–H and O–H groups in total. The van der Waals surface area contributed by atoms with E-state index in [1.807, 2.05) is 66.4 Å². The normalized spacial score (nSPS) is 14.4. The number of ether oxygens (including phenoxy) is 1. The van der Waals surface area contributed by atoms with Gasteiger partial charge in [-0.2, -0.15) is 0 Å². The third-order valence-corrected chi connectivity index (χ3v) is 6.78. The molecule has 0 bridgehead atoms. The summed E-state index contributed by atoms with van der Waals surface area (Å²) in [5.74, 6) is 0.687. The Bertz CT molecular complexity index is 1370. The molecule has 2 heterocycles. The van der Waals surface area contributed by atoms with Gasteiger partial charge in [-0.1, -0.05) is 41.9 Å². The number of carbonyl (C=O) groups is 1. The van der Waals surface area contributed by atoms with Crippen LogP contribution in [0.5, 0.6) is 5.75 Å². The van der Waals surface area contributed by atoms with E-state index in [0.29, 0.717) is 23.9 Å². The number of hydrogen-bond donors (Lipinski definition) is 0. The summed E-state index contributed by atoms with van der Waals surface area (Å²) >= 11 is 6.06. The summed E-state index contributed by atoms with van der Waals surface area (Å²) < 4.78 is 11.5. The molecule has 0 saturated carbocycles. The summed E-state index contributed by atoms with van der Waals surface area (Å²) in [5.41, 5.74) is 5.62. The van der Waals surface area contributed by atoms with E-state index < -0.39 is 0 Å². The average molecular weight is 487 g/mol. The Morgan fingerprint density at radius 3 is 2.40 bits per heavy atom. The Morgan fingerprint density at radius 2 is 1.71 bits per heavy atom. The first-order chi connectivity index (χ1) is 17.0. The minimum Gasteiger partial charge on any atom is -0.496 e. The monoisotopic (exact) mass is 486 g/mol. The van der Waals surface area contributed by atoms with Gasteiger partial charge in [0.2, 0.25) is 5.91 Å². The van der Waals surface area contributed by atoms with Crippen molar-refractivity contribution < 1.29 is 13.9 Å². The average Bonchev–Trinajstić information content (AvgIpc) is 3.31. The van der Waals surface area contributed by atoms with Crippen LogP contribution in [0.1, 0.15) is 12.5 Å². The molecule has 5 rings (SSSR count). The van der Waals surface area contributed by atoms with E-state index in [9.17, 15) is 4.79 Å². The molecule has 178 valence electrons. The molecule has 6 heteroatoms. The molecule has 1 amide bonds. The number of rotatable bonds is 5. The van der Waals surface area contributed by atoms with Crippen LogP contribution >= 0.6 is 11.6 Å². The predicted octanol–water partition coefficient (Wildman–Crippen LogP) is 6.51. The zero-order chi connectivity index (χ0) is 24.4. The first kappa shape index (κ1) is 23.1. The number of anilines is 1. The number of para-hydroxylation sites is 1. The second-order valence-corrected chi connectivity index (χ2v) is 9.12. The number of allylic oxidation sites excluding steroid dienone is 1. The van der Waals surface area contributed by atoms with Crippen LogP contribution in [0.3, 0.4) is 0 Å². The summed E-state index contributed by atoms with van der Waals surface area (Å²) in [7, 11) is 1.63. The standard InChI is InChI=1S/C29H27ClN2O3/c1-20(16-29(33)32-14-12-31(13-15-32)23-6-4-3-5-7-23)24-17-25-26(21-8-10-22(30)11-9-21)19-35-28(25)18-27(24)34-2/h3-11,16-19H,12-15H2,1-2H3/b20-16+.